The number of nitrogen functional groups attached to an aromatic ring is 1. The highest BCUT2D eigenvalue weighted by Crippen LogP contribution is 2.36. The Hall–Kier alpha value is -1.11. The summed E-state index contributed by atoms with van der Waals surface area (Å²) >= 11 is 0. The summed E-state index contributed by atoms with van der Waals surface area (Å²) in [7, 11) is 0.465. The monoisotopic (exact) mass is 311 g/mol. The molecule has 2 rings (SSSR count). The molecule has 5 nitrogen and oxygen atoms in total. The number of nitrogens with two attached hydrogens (primary N) is 1. The van der Waals surface area contributed by atoms with Crippen molar-refractivity contribution in [2.24, 2.45) is 0 Å². The van der Waals surface area contributed by atoms with Crippen molar-refractivity contribution in [3.05, 3.63) is 23.3 Å². The van der Waals surface area contributed by atoms with Gasteiger partial charge < -0.3 is 10.6 Å². The van der Waals surface area contributed by atoms with E-state index in [9.17, 15) is 8.42 Å². The predicted molar refractivity (Wildman–Crippen MR) is 85.8 cm³/mol. The van der Waals surface area contributed by atoms with Crippen LogP contribution in [0.1, 0.15) is 30.4 Å². The van der Waals surface area contributed by atoms with Crippen molar-refractivity contribution in [1.82, 2.24) is 9.62 Å². The lowest BCUT2D eigenvalue weighted by Crippen LogP contribution is -2.57. The van der Waals surface area contributed by atoms with Gasteiger partial charge in [-0.05, 0) is 64.4 Å². The normalized spacial score (nSPS) is 17.8. The number of nitrogens with zero attached hydrogens (tertiary/aromatic N) is 1. The fourth-order valence-corrected chi connectivity index (χ4v) is 4.54. The van der Waals surface area contributed by atoms with Crippen LogP contribution in [-0.2, 0) is 10.0 Å². The lowest BCUT2D eigenvalue weighted by atomic mass is 9.76. The van der Waals surface area contributed by atoms with E-state index in [1.54, 1.807) is 26.0 Å². The second-order valence-corrected chi connectivity index (χ2v) is 7.93. The van der Waals surface area contributed by atoms with Crippen molar-refractivity contribution in [3.8, 4) is 0 Å². The van der Waals surface area contributed by atoms with Crippen LogP contribution in [0.2, 0.25) is 0 Å². The zero-order valence-corrected chi connectivity index (χ0v) is 14.0. The Kier molecular flexibility index (Phi) is 4.33. The van der Waals surface area contributed by atoms with Gasteiger partial charge in [0.2, 0.25) is 10.0 Å². The Labute approximate surface area is 127 Å². The molecule has 118 valence electrons. The summed E-state index contributed by atoms with van der Waals surface area (Å²) in [5.41, 5.74) is 7.66. The summed E-state index contributed by atoms with van der Waals surface area (Å²) in [5, 5.41) is 0. The molecule has 0 bridgehead atoms. The van der Waals surface area contributed by atoms with Crippen LogP contribution in [0, 0.1) is 13.8 Å². The molecule has 1 aliphatic rings. The Morgan fingerprint density at radius 1 is 1.29 bits per heavy atom. The van der Waals surface area contributed by atoms with Crippen LogP contribution >= 0.6 is 0 Å². The molecule has 1 aliphatic carbocycles. The smallest absolute Gasteiger partial charge is 0.241 e. The number of sulfonamides is 1. The molecule has 1 aromatic carbocycles. The van der Waals surface area contributed by atoms with Gasteiger partial charge >= 0.3 is 0 Å². The van der Waals surface area contributed by atoms with Gasteiger partial charge in [0.05, 0.1) is 4.90 Å². The van der Waals surface area contributed by atoms with Gasteiger partial charge in [-0.3, -0.25) is 0 Å². The summed E-state index contributed by atoms with van der Waals surface area (Å²) in [5.74, 6) is 0. The van der Waals surface area contributed by atoms with Gasteiger partial charge in [-0.15, -0.1) is 0 Å². The molecule has 0 amide bonds. The van der Waals surface area contributed by atoms with Crippen LogP contribution in [0.5, 0.6) is 0 Å². The van der Waals surface area contributed by atoms with Crippen LogP contribution in [0.3, 0.4) is 0 Å². The van der Waals surface area contributed by atoms with Crippen molar-refractivity contribution < 1.29 is 8.42 Å². The second kappa shape index (κ2) is 5.59. The summed E-state index contributed by atoms with van der Waals surface area (Å²) in [6.45, 7) is 3.99. The van der Waals surface area contributed by atoms with Gasteiger partial charge in [0.25, 0.3) is 0 Å². The minimum Gasteiger partial charge on any atom is -0.398 e. The SMILES string of the molecule is Cc1ccc(N)c(C)c1S(=O)(=O)NCC1(N(C)C)CCC1. The van der Waals surface area contributed by atoms with Crippen LogP contribution in [0.4, 0.5) is 5.69 Å². The molecule has 0 atom stereocenters. The first-order valence-corrected chi connectivity index (χ1v) is 8.71. The molecule has 6 heteroatoms. The average Bonchev–Trinajstić information content (AvgIpc) is 2.32. The van der Waals surface area contributed by atoms with Crippen LogP contribution in [0.15, 0.2) is 17.0 Å². The lowest BCUT2D eigenvalue weighted by molar-refractivity contribution is 0.0656. The van der Waals surface area contributed by atoms with E-state index >= 15 is 0 Å². The van der Waals surface area contributed by atoms with Crippen molar-refractivity contribution in [3.63, 3.8) is 0 Å². The molecular formula is C15H25N3O2S. The largest absolute Gasteiger partial charge is 0.398 e. The minimum atomic E-state index is -3.54. The minimum absolute atomic E-state index is 0.0464. The lowest BCUT2D eigenvalue weighted by Gasteiger charge is -2.47. The Morgan fingerprint density at radius 3 is 2.38 bits per heavy atom. The molecule has 1 fully saturated rings. The zero-order valence-electron chi connectivity index (χ0n) is 13.2. The van der Waals surface area contributed by atoms with Gasteiger partial charge in [-0.2, -0.15) is 0 Å². The fourth-order valence-electron chi connectivity index (χ4n) is 2.92. The number of benzene rings is 1. The summed E-state index contributed by atoms with van der Waals surface area (Å²) in [6, 6.07) is 3.50. The highest BCUT2D eigenvalue weighted by molar-refractivity contribution is 7.89. The number of aryl methyl sites for hydroxylation is 1. The van der Waals surface area contributed by atoms with Gasteiger partial charge in [0.15, 0.2) is 0 Å². The van der Waals surface area contributed by atoms with Gasteiger partial charge in [-0.1, -0.05) is 6.07 Å². The van der Waals surface area contributed by atoms with Crippen LogP contribution in [0.25, 0.3) is 0 Å². The van der Waals surface area contributed by atoms with Crippen molar-refractivity contribution in [1.29, 1.82) is 0 Å². The maximum Gasteiger partial charge on any atom is 0.241 e. The Balaban J connectivity index is 2.26. The molecule has 1 aromatic rings. The third-order valence-corrected chi connectivity index (χ3v) is 6.43. The molecule has 1 saturated carbocycles. The molecule has 21 heavy (non-hydrogen) atoms. The first-order valence-electron chi connectivity index (χ1n) is 7.22. The quantitative estimate of drug-likeness (QED) is 0.811. The van der Waals surface area contributed by atoms with E-state index in [0.717, 1.165) is 24.8 Å². The van der Waals surface area contributed by atoms with E-state index in [1.165, 1.54) is 0 Å². The number of hydrogen-bond acceptors (Lipinski definition) is 4. The van der Waals surface area contributed by atoms with Crippen molar-refractivity contribution >= 4 is 15.7 Å². The molecule has 0 radical (unpaired) electrons. The van der Waals surface area contributed by atoms with E-state index in [-0.39, 0.29) is 5.54 Å². The van der Waals surface area contributed by atoms with Crippen molar-refractivity contribution in [2.75, 3.05) is 26.4 Å². The number of likely N-dealkylation sites (N-methyl/N-ethyl adjacent to an activating group) is 1. The Bertz CT molecular complexity index is 635. The molecule has 0 aliphatic heterocycles. The number of rotatable bonds is 5. The van der Waals surface area contributed by atoms with E-state index in [4.69, 9.17) is 5.73 Å². The van der Waals surface area contributed by atoms with Gasteiger partial charge in [-0.25, -0.2) is 13.1 Å². The standard InChI is InChI=1S/C15H25N3O2S/c1-11-6-7-13(16)12(2)14(11)21(19,20)17-10-15(18(3)4)8-5-9-15/h6-7,17H,5,8-10,16H2,1-4H3. The zero-order chi connectivity index (χ0) is 15.8. The Morgan fingerprint density at radius 2 is 1.90 bits per heavy atom. The van der Waals surface area contributed by atoms with Gasteiger partial charge in [0.1, 0.15) is 0 Å². The maximum atomic E-state index is 12.7. The number of hydrogen-bond donors (Lipinski definition) is 2. The fraction of sp³-hybridized carbons (Fsp3) is 0.600. The summed E-state index contributed by atoms with van der Waals surface area (Å²) < 4.78 is 28.1. The second-order valence-electron chi connectivity index (χ2n) is 6.22. The van der Waals surface area contributed by atoms with Gasteiger partial charge in [0, 0.05) is 17.8 Å². The van der Waals surface area contributed by atoms with Crippen LogP contribution < -0.4 is 10.5 Å². The molecule has 0 saturated heterocycles. The topological polar surface area (TPSA) is 75.4 Å². The van der Waals surface area contributed by atoms with E-state index in [1.807, 2.05) is 14.1 Å². The third kappa shape index (κ3) is 2.93. The van der Waals surface area contributed by atoms with Crippen molar-refractivity contribution in [2.45, 2.75) is 43.5 Å². The van der Waals surface area contributed by atoms with E-state index in [2.05, 4.69) is 9.62 Å². The summed E-state index contributed by atoms with van der Waals surface area (Å²) in [4.78, 5) is 2.44. The molecule has 3 N–H and O–H groups in total. The first kappa shape index (κ1) is 16.3. The molecular weight excluding hydrogens is 286 g/mol. The van der Waals surface area contributed by atoms with E-state index < -0.39 is 10.0 Å². The molecule has 0 heterocycles. The number of nitrogens with one attached hydrogen (secondary N) is 1. The summed E-state index contributed by atoms with van der Waals surface area (Å²) in [6.07, 6.45) is 3.20. The predicted octanol–water partition coefficient (Wildman–Crippen LogP) is 1.65. The first-order chi connectivity index (χ1) is 9.69. The molecule has 0 spiro atoms. The maximum absolute atomic E-state index is 12.7. The third-order valence-electron chi connectivity index (χ3n) is 4.74. The number of anilines is 1. The molecule has 0 unspecified atom stereocenters. The molecule has 0 aromatic heterocycles. The van der Waals surface area contributed by atoms with Crippen LogP contribution in [-0.4, -0.2) is 39.5 Å². The highest BCUT2D eigenvalue weighted by atomic mass is 32.2. The highest BCUT2D eigenvalue weighted by Gasteiger charge is 2.40. The van der Waals surface area contributed by atoms with E-state index in [0.29, 0.717) is 22.7 Å². The average molecular weight is 311 g/mol.